The average molecular weight is 379 g/mol. The van der Waals surface area contributed by atoms with Crippen LogP contribution in [0.3, 0.4) is 0 Å². The number of hydrazine groups is 1. The van der Waals surface area contributed by atoms with Gasteiger partial charge in [0.2, 0.25) is 5.95 Å². The monoisotopic (exact) mass is 379 g/mol. The molecule has 4 heterocycles. The van der Waals surface area contributed by atoms with E-state index >= 15 is 0 Å². The first-order valence-electron chi connectivity index (χ1n) is 9.51. The summed E-state index contributed by atoms with van der Waals surface area (Å²) < 4.78 is 5.41. The lowest BCUT2D eigenvalue weighted by atomic mass is 10.0. The maximum atomic E-state index is 5.41. The van der Waals surface area contributed by atoms with Gasteiger partial charge in [-0.05, 0) is 43.9 Å². The average Bonchev–Trinajstić information content (AvgIpc) is 3.36. The van der Waals surface area contributed by atoms with Crippen LogP contribution in [0.1, 0.15) is 17.9 Å². The summed E-state index contributed by atoms with van der Waals surface area (Å²) in [5, 5.41) is 4.12. The van der Waals surface area contributed by atoms with Gasteiger partial charge in [0.25, 0.3) is 0 Å². The van der Waals surface area contributed by atoms with Crippen LogP contribution in [0.2, 0.25) is 0 Å². The second-order valence-electron chi connectivity index (χ2n) is 7.21. The van der Waals surface area contributed by atoms with Crippen LogP contribution in [0.25, 0.3) is 22.4 Å². The zero-order valence-electron chi connectivity index (χ0n) is 16.4. The summed E-state index contributed by atoms with van der Waals surface area (Å²) in [4.78, 5) is 15.8. The molecule has 0 amide bonds. The van der Waals surface area contributed by atoms with E-state index in [4.69, 9.17) is 9.51 Å². The van der Waals surface area contributed by atoms with E-state index in [9.17, 15) is 0 Å². The second-order valence-corrected chi connectivity index (χ2v) is 7.21. The number of hydrogen-bond acceptors (Lipinski definition) is 8. The van der Waals surface area contributed by atoms with Crippen molar-refractivity contribution >= 4 is 5.95 Å². The number of aryl methyl sites for hydroxylation is 2. The summed E-state index contributed by atoms with van der Waals surface area (Å²) in [5.41, 5.74) is 10.9. The molecule has 0 unspecified atom stereocenters. The predicted octanol–water partition coefficient (Wildman–Crippen LogP) is 2.36. The smallest absolute Gasteiger partial charge is 0.225 e. The molecule has 3 aromatic rings. The van der Waals surface area contributed by atoms with Crippen molar-refractivity contribution in [2.75, 3.05) is 31.6 Å². The highest BCUT2D eigenvalue weighted by Gasteiger charge is 2.21. The van der Waals surface area contributed by atoms with Gasteiger partial charge in [-0.25, -0.2) is 9.97 Å². The van der Waals surface area contributed by atoms with Crippen LogP contribution in [0.5, 0.6) is 0 Å². The SMILES string of the molecule is Cc1noc(C)c1-c1nc(N(C)CCC2CNNC2)ncc1-c1ccncc1. The van der Waals surface area contributed by atoms with Crippen LogP contribution in [-0.4, -0.2) is 46.8 Å². The summed E-state index contributed by atoms with van der Waals surface area (Å²) in [6.07, 6.45) is 6.51. The number of anilines is 1. The Balaban J connectivity index is 1.69. The lowest BCUT2D eigenvalue weighted by Gasteiger charge is -2.20. The molecule has 0 spiro atoms. The van der Waals surface area contributed by atoms with Crippen LogP contribution in [-0.2, 0) is 0 Å². The molecule has 8 nitrogen and oxygen atoms in total. The summed E-state index contributed by atoms with van der Waals surface area (Å²) in [7, 11) is 2.04. The first-order chi connectivity index (χ1) is 13.6. The first-order valence-corrected chi connectivity index (χ1v) is 9.51. The van der Waals surface area contributed by atoms with Gasteiger partial charge in [0, 0.05) is 50.8 Å². The summed E-state index contributed by atoms with van der Waals surface area (Å²) in [6, 6.07) is 3.92. The highest BCUT2D eigenvalue weighted by atomic mass is 16.5. The number of aromatic nitrogens is 4. The van der Waals surface area contributed by atoms with E-state index in [1.807, 2.05) is 39.2 Å². The highest BCUT2D eigenvalue weighted by molar-refractivity contribution is 5.82. The molecule has 8 heteroatoms. The predicted molar refractivity (Wildman–Crippen MR) is 108 cm³/mol. The third-order valence-electron chi connectivity index (χ3n) is 5.16. The molecule has 0 saturated carbocycles. The van der Waals surface area contributed by atoms with Gasteiger partial charge in [0.05, 0.1) is 17.0 Å². The van der Waals surface area contributed by atoms with Crippen molar-refractivity contribution in [3.63, 3.8) is 0 Å². The molecule has 0 aliphatic carbocycles. The van der Waals surface area contributed by atoms with E-state index < -0.39 is 0 Å². The quantitative estimate of drug-likeness (QED) is 0.674. The Labute approximate surface area is 164 Å². The van der Waals surface area contributed by atoms with Crippen molar-refractivity contribution in [1.29, 1.82) is 0 Å². The molecule has 0 aromatic carbocycles. The minimum Gasteiger partial charge on any atom is -0.361 e. The summed E-state index contributed by atoms with van der Waals surface area (Å²) in [6.45, 7) is 6.74. The van der Waals surface area contributed by atoms with Crippen LogP contribution in [0.4, 0.5) is 5.95 Å². The molecule has 0 bridgehead atoms. The largest absolute Gasteiger partial charge is 0.361 e. The molecular weight excluding hydrogens is 354 g/mol. The number of pyridine rings is 1. The van der Waals surface area contributed by atoms with Gasteiger partial charge in [-0.3, -0.25) is 15.8 Å². The molecule has 28 heavy (non-hydrogen) atoms. The normalized spacial score (nSPS) is 14.5. The van der Waals surface area contributed by atoms with Crippen molar-refractivity contribution in [1.82, 2.24) is 31.0 Å². The van der Waals surface area contributed by atoms with Crippen molar-refractivity contribution in [2.45, 2.75) is 20.3 Å². The highest BCUT2D eigenvalue weighted by Crippen LogP contribution is 2.34. The minimum absolute atomic E-state index is 0.626. The third-order valence-corrected chi connectivity index (χ3v) is 5.16. The summed E-state index contributed by atoms with van der Waals surface area (Å²) >= 11 is 0. The fraction of sp³-hybridized carbons (Fsp3) is 0.400. The molecular formula is C20H25N7O. The van der Waals surface area contributed by atoms with Crippen LogP contribution >= 0.6 is 0 Å². The maximum absolute atomic E-state index is 5.41. The topological polar surface area (TPSA) is 92.0 Å². The lowest BCUT2D eigenvalue weighted by Crippen LogP contribution is -2.24. The molecule has 146 valence electrons. The van der Waals surface area contributed by atoms with Crippen LogP contribution < -0.4 is 15.8 Å². The van der Waals surface area contributed by atoms with Gasteiger partial charge in [-0.2, -0.15) is 0 Å². The Kier molecular flexibility index (Phi) is 5.31. The Morgan fingerprint density at radius 3 is 2.61 bits per heavy atom. The van der Waals surface area contributed by atoms with Gasteiger partial charge in [0.15, 0.2) is 0 Å². The molecule has 2 N–H and O–H groups in total. The van der Waals surface area contributed by atoms with E-state index in [0.717, 1.165) is 59.9 Å². The van der Waals surface area contributed by atoms with E-state index in [0.29, 0.717) is 11.9 Å². The molecule has 1 aliphatic rings. The number of nitrogens with one attached hydrogen (secondary N) is 2. The summed E-state index contributed by atoms with van der Waals surface area (Å²) in [5.74, 6) is 2.08. The third kappa shape index (κ3) is 3.74. The second kappa shape index (κ2) is 8.04. The van der Waals surface area contributed by atoms with Crippen LogP contribution in [0.15, 0.2) is 35.2 Å². The molecule has 1 saturated heterocycles. The molecule has 0 atom stereocenters. The van der Waals surface area contributed by atoms with E-state index in [2.05, 4.69) is 30.9 Å². The number of rotatable bonds is 6. The van der Waals surface area contributed by atoms with Gasteiger partial charge >= 0.3 is 0 Å². The molecule has 1 aliphatic heterocycles. The molecule has 4 rings (SSSR count). The molecule has 0 radical (unpaired) electrons. The molecule has 1 fully saturated rings. The standard InChI is InChI=1S/C20H25N7O/c1-13-18(14(2)28-26-13)19-17(16-4-7-21-8-5-16)12-22-20(25-19)27(3)9-6-15-10-23-24-11-15/h4-5,7-8,12,15,23-24H,6,9-11H2,1-3H3. The lowest BCUT2D eigenvalue weighted by molar-refractivity contribution is 0.393. The Morgan fingerprint density at radius 1 is 1.18 bits per heavy atom. The van der Waals surface area contributed by atoms with Crippen molar-refractivity contribution in [3.05, 3.63) is 42.2 Å². The zero-order valence-corrected chi connectivity index (χ0v) is 16.4. The van der Waals surface area contributed by atoms with Crippen molar-refractivity contribution in [2.24, 2.45) is 5.92 Å². The Morgan fingerprint density at radius 2 is 1.93 bits per heavy atom. The van der Waals surface area contributed by atoms with Crippen molar-refractivity contribution < 1.29 is 4.52 Å². The Hall–Kier alpha value is -2.84. The fourth-order valence-corrected chi connectivity index (χ4v) is 3.50. The number of nitrogens with zero attached hydrogens (tertiary/aromatic N) is 5. The van der Waals surface area contributed by atoms with E-state index in [1.54, 1.807) is 12.4 Å². The van der Waals surface area contributed by atoms with E-state index in [1.165, 1.54) is 0 Å². The zero-order chi connectivity index (χ0) is 19.5. The van der Waals surface area contributed by atoms with Gasteiger partial charge in [-0.1, -0.05) is 5.16 Å². The first kappa shape index (κ1) is 18.5. The van der Waals surface area contributed by atoms with Gasteiger partial charge < -0.3 is 9.42 Å². The fourth-order valence-electron chi connectivity index (χ4n) is 3.50. The minimum atomic E-state index is 0.626. The van der Waals surface area contributed by atoms with Crippen molar-refractivity contribution in [3.8, 4) is 22.4 Å². The van der Waals surface area contributed by atoms with Crippen LogP contribution in [0, 0.1) is 19.8 Å². The van der Waals surface area contributed by atoms with Gasteiger partial charge in [-0.15, -0.1) is 0 Å². The van der Waals surface area contributed by atoms with E-state index in [-0.39, 0.29) is 0 Å². The maximum Gasteiger partial charge on any atom is 0.225 e. The Bertz CT molecular complexity index is 915. The van der Waals surface area contributed by atoms with Gasteiger partial charge in [0.1, 0.15) is 5.76 Å². The number of hydrogen-bond donors (Lipinski definition) is 2. The molecule has 3 aromatic heterocycles.